The summed E-state index contributed by atoms with van der Waals surface area (Å²) in [6, 6.07) is 21.4. The van der Waals surface area contributed by atoms with Crippen LogP contribution in [0.2, 0.25) is 18.1 Å². The molecule has 2 rings (SSSR count). The van der Waals surface area contributed by atoms with E-state index in [4.69, 9.17) is 10.2 Å². The molecule has 0 spiro atoms. The first-order chi connectivity index (χ1) is 13.1. The molecule has 28 heavy (non-hydrogen) atoms. The highest BCUT2D eigenvalue weighted by atomic mass is 28.4. The molecule has 0 amide bonds. The van der Waals surface area contributed by atoms with Crippen molar-refractivity contribution in [1.82, 2.24) is 0 Å². The Morgan fingerprint density at radius 3 is 1.75 bits per heavy atom. The van der Waals surface area contributed by atoms with Crippen LogP contribution in [0.25, 0.3) is 0 Å². The Kier molecular flexibility index (Phi) is 7.66. The molecular weight excluding hydrogens is 358 g/mol. The highest BCUT2D eigenvalue weighted by Gasteiger charge is 2.45. The third-order valence-corrected chi connectivity index (χ3v) is 11.5. The Balaban J connectivity index is 2.38. The molecule has 2 aromatic rings. The Morgan fingerprint density at radius 2 is 1.32 bits per heavy atom. The van der Waals surface area contributed by atoms with Gasteiger partial charge in [0.05, 0.1) is 6.10 Å². The topological polar surface area (TPSA) is 35.2 Å². The third kappa shape index (κ3) is 5.34. The summed E-state index contributed by atoms with van der Waals surface area (Å²) in [5.74, 6) is 0.835. The number of hydrogen-bond donors (Lipinski definition) is 1. The first-order valence-corrected chi connectivity index (χ1v) is 13.5. The molecule has 0 saturated heterocycles. The van der Waals surface area contributed by atoms with Gasteiger partial charge in [0.1, 0.15) is 0 Å². The molecule has 1 unspecified atom stereocenters. The van der Waals surface area contributed by atoms with Crippen LogP contribution >= 0.6 is 0 Å². The zero-order valence-electron chi connectivity index (χ0n) is 18.8. The number of rotatable bonds is 9. The second-order valence-electron chi connectivity index (χ2n) is 9.52. The lowest BCUT2D eigenvalue weighted by Gasteiger charge is -2.45. The minimum Gasteiger partial charge on any atom is -0.410 e. The van der Waals surface area contributed by atoms with Crippen LogP contribution in [0.5, 0.6) is 0 Å². The molecule has 3 heteroatoms. The van der Waals surface area contributed by atoms with Crippen molar-refractivity contribution >= 4 is 8.32 Å². The summed E-state index contributed by atoms with van der Waals surface area (Å²) < 4.78 is 7.04. The molecule has 0 radical (unpaired) electrons. The molecule has 0 aliphatic carbocycles. The molecule has 0 fully saturated rings. The second-order valence-corrected chi connectivity index (χ2v) is 14.1. The standard InChI is InChI=1S/C25H39NOSi/c1-19(2)25(4,5)28(6,7)27-24(22-16-12-9-13-17-22)18-23(20(3)26)21-14-10-8-11-15-21/h8-17,19-20,23-24H,18,26H2,1-7H3/t20-,23+,24?/m1/s1. The predicted octanol–water partition coefficient (Wildman–Crippen LogP) is 6.91. The maximum Gasteiger partial charge on any atom is 0.193 e. The summed E-state index contributed by atoms with van der Waals surface area (Å²) in [5.41, 5.74) is 9.00. The van der Waals surface area contributed by atoms with E-state index < -0.39 is 8.32 Å². The van der Waals surface area contributed by atoms with Gasteiger partial charge in [0, 0.05) is 12.0 Å². The molecule has 0 saturated carbocycles. The van der Waals surface area contributed by atoms with Gasteiger partial charge < -0.3 is 10.2 Å². The monoisotopic (exact) mass is 397 g/mol. The zero-order valence-corrected chi connectivity index (χ0v) is 19.8. The lowest BCUT2D eigenvalue weighted by atomic mass is 9.86. The number of nitrogens with two attached hydrogens (primary N) is 1. The smallest absolute Gasteiger partial charge is 0.193 e. The summed E-state index contributed by atoms with van der Waals surface area (Å²) in [5, 5.41) is 0.177. The van der Waals surface area contributed by atoms with E-state index in [1.165, 1.54) is 11.1 Å². The summed E-state index contributed by atoms with van der Waals surface area (Å²) in [6.45, 7) is 16.2. The molecule has 0 heterocycles. The van der Waals surface area contributed by atoms with E-state index in [0.717, 1.165) is 6.42 Å². The van der Waals surface area contributed by atoms with Gasteiger partial charge in [-0.25, -0.2) is 0 Å². The van der Waals surface area contributed by atoms with Gasteiger partial charge in [0.15, 0.2) is 8.32 Å². The third-order valence-electron chi connectivity index (χ3n) is 6.93. The minimum absolute atomic E-state index is 0.0529. The van der Waals surface area contributed by atoms with E-state index in [1.807, 2.05) is 0 Å². The Hall–Kier alpha value is -1.42. The lowest BCUT2D eigenvalue weighted by molar-refractivity contribution is 0.153. The van der Waals surface area contributed by atoms with Crippen molar-refractivity contribution in [2.75, 3.05) is 0 Å². The fourth-order valence-corrected chi connectivity index (χ4v) is 6.35. The van der Waals surface area contributed by atoms with E-state index in [9.17, 15) is 0 Å². The molecule has 0 bridgehead atoms. The lowest BCUT2D eigenvalue weighted by Crippen LogP contribution is -2.46. The van der Waals surface area contributed by atoms with Crippen molar-refractivity contribution in [3.05, 3.63) is 71.8 Å². The Morgan fingerprint density at radius 1 is 0.857 bits per heavy atom. The van der Waals surface area contributed by atoms with Gasteiger partial charge in [-0.05, 0) is 48.5 Å². The van der Waals surface area contributed by atoms with Gasteiger partial charge in [-0.15, -0.1) is 0 Å². The van der Waals surface area contributed by atoms with Crippen LogP contribution < -0.4 is 5.73 Å². The number of hydrogen-bond acceptors (Lipinski definition) is 2. The second kappa shape index (κ2) is 9.38. The molecule has 2 aromatic carbocycles. The normalized spacial score (nSPS) is 16.0. The van der Waals surface area contributed by atoms with Gasteiger partial charge in [-0.3, -0.25) is 0 Å². The van der Waals surface area contributed by atoms with Gasteiger partial charge >= 0.3 is 0 Å². The fourth-order valence-electron chi connectivity index (χ4n) is 3.71. The summed E-state index contributed by atoms with van der Waals surface area (Å²) in [7, 11) is -1.98. The summed E-state index contributed by atoms with van der Waals surface area (Å²) in [6.07, 6.45) is 0.952. The molecule has 2 nitrogen and oxygen atoms in total. The molecule has 0 aliphatic heterocycles. The molecular formula is C25H39NOSi. The van der Waals surface area contributed by atoms with Gasteiger partial charge in [-0.2, -0.15) is 0 Å². The van der Waals surface area contributed by atoms with Crippen molar-refractivity contribution in [1.29, 1.82) is 0 Å². The van der Waals surface area contributed by atoms with Gasteiger partial charge in [0.2, 0.25) is 0 Å². The van der Waals surface area contributed by atoms with Crippen LogP contribution in [-0.2, 0) is 4.43 Å². The minimum atomic E-state index is -1.98. The highest BCUT2D eigenvalue weighted by molar-refractivity contribution is 6.74. The maximum atomic E-state index is 7.04. The number of benzene rings is 2. The fraction of sp³-hybridized carbons (Fsp3) is 0.520. The van der Waals surface area contributed by atoms with E-state index >= 15 is 0 Å². The summed E-state index contributed by atoms with van der Waals surface area (Å²) >= 11 is 0. The van der Waals surface area contributed by atoms with Crippen LogP contribution in [0, 0.1) is 5.92 Å². The van der Waals surface area contributed by atoms with Crippen LogP contribution in [0.4, 0.5) is 0 Å². The van der Waals surface area contributed by atoms with Crippen molar-refractivity contribution in [3.63, 3.8) is 0 Å². The predicted molar refractivity (Wildman–Crippen MR) is 124 cm³/mol. The molecule has 2 N–H and O–H groups in total. The van der Waals surface area contributed by atoms with Crippen molar-refractivity contribution in [2.24, 2.45) is 11.7 Å². The molecule has 0 aromatic heterocycles. The Labute approximate surface area is 173 Å². The quantitative estimate of drug-likeness (QED) is 0.467. The Bertz CT molecular complexity index is 710. The first kappa shape index (κ1) is 22.9. The maximum absolute atomic E-state index is 7.04. The highest BCUT2D eigenvalue weighted by Crippen LogP contribution is 2.47. The van der Waals surface area contributed by atoms with E-state index in [0.29, 0.717) is 5.92 Å². The van der Waals surface area contributed by atoms with Crippen molar-refractivity contribution < 1.29 is 4.43 Å². The van der Waals surface area contributed by atoms with Gasteiger partial charge in [0.25, 0.3) is 0 Å². The van der Waals surface area contributed by atoms with E-state index in [2.05, 4.69) is 108 Å². The van der Waals surface area contributed by atoms with Crippen LogP contribution in [-0.4, -0.2) is 14.4 Å². The van der Waals surface area contributed by atoms with Crippen LogP contribution in [0.1, 0.15) is 64.2 Å². The SMILES string of the molecule is CC(C)C(C)(C)[Si](C)(C)OC(C[C@H](c1ccccc1)[C@@H](C)N)c1ccccc1. The molecule has 154 valence electrons. The van der Waals surface area contributed by atoms with E-state index in [-0.39, 0.29) is 23.1 Å². The van der Waals surface area contributed by atoms with Crippen molar-refractivity contribution in [3.8, 4) is 0 Å². The van der Waals surface area contributed by atoms with Crippen LogP contribution in [0.3, 0.4) is 0 Å². The first-order valence-electron chi connectivity index (χ1n) is 10.6. The summed E-state index contributed by atoms with van der Waals surface area (Å²) in [4.78, 5) is 0. The van der Waals surface area contributed by atoms with Crippen LogP contribution in [0.15, 0.2) is 60.7 Å². The average Bonchev–Trinajstić information content (AvgIpc) is 2.65. The van der Waals surface area contributed by atoms with Crippen molar-refractivity contribution in [2.45, 2.75) is 77.2 Å². The van der Waals surface area contributed by atoms with E-state index in [1.54, 1.807) is 0 Å². The zero-order chi connectivity index (χ0) is 20.9. The largest absolute Gasteiger partial charge is 0.410 e. The van der Waals surface area contributed by atoms with Gasteiger partial charge in [-0.1, -0.05) is 88.4 Å². The molecule has 0 aliphatic rings. The molecule has 3 atom stereocenters. The average molecular weight is 398 g/mol.